The van der Waals surface area contributed by atoms with Crippen molar-refractivity contribution in [1.82, 2.24) is 0 Å². The average Bonchev–Trinajstić information content (AvgIpc) is 1.33. The van der Waals surface area contributed by atoms with Gasteiger partial charge in [0.1, 0.15) is 0 Å². The number of hydrogen-bond donors (Lipinski definition) is 2. The molecule has 0 atom stereocenters. The molecule has 0 aromatic carbocycles. The van der Waals surface area contributed by atoms with E-state index in [0.717, 1.165) is 0 Å². The van der Waals surface area contributed by atoms with Crippen LogP contribution in [0.1, 0.15) is 6.92 Å². The van der Waals surface area contributed by atoms with E-state index in [1.807, 2.05) is 0 Å². The van der Waals surface area contributed by atoms with Crippen LogP contribution in [0.5, 0.6) is 0 Å². The van der Waals surface area contributed by atoms with Gasteiger partial charge in [-0.2, -0.15) is 0 Å². The first kappa shape index (κ1) is 15.7. The maximum atomic E-state index is 8.36. The van der Waals surface area contributed by atoms with Crippen LogP contribution in [-0.4, -0.2) is 22.0 Å². The summed E-state index contributed by atoms with van der Waals surface area (Å²) in [5, 5.41) is 21.2. The van der Waals surface area contributed by atoms with E-state index in [-0.39, 0.29) is 32.8 Å². The maximum Gasteiger partial charge on any atom is 0.291 e. The molecule has 8 heavy (non-hydrogen) atoms. The molecule has 0 aromatic rings. The molecule has 48 valence electrons. The van der Waals surface area contributed by atoms with Crippen LogP contribution in [0.4, 0.5) is 0 Å². The van der Waals surface area contributed by atoms with E-state index in [9.17, 15) is 0 Å². The molecule has 2 N–H and O–H groups in total. The van der Waals surface area contributed by atoms with Gasteiger partial charge in [0, 0.05) is 32.8 Å². The number of nitrogens with zero attached hydrogens (tertiary/aromatic N) is 1. The van der Waals surface area contributed by atoms with Gasteiger partial charge in [0.05, 0.1) is 0 Å². The van der Waals surface area contributed by atoms with Crippen molar-refractivity contribution in [3.05, 3.63) is 10.1 Å². The quantitative estimate of drug-likeness (QED) is 0.413. The fourth-order valence-electron chi connectivity index (χ4n) is 0. The summed E-state index contributed by atoms with van der Waals surface area (Å²) in [5.74, 6) is 0. The molecule has 0 amide bonds. The Morgan fingerprint density at radius 3 is 1.75 bits per heavy atom. The predicted molar refractivity (Wildman–Crippen MR) is 21.5 cm³/mol. The molecule has 6 heteroatoms. The average molecular weight is 200 g/mol. The molecule has 0 fully saturated rings. The molecule has 0 radical (unpaired) electrons. The smallest absolute Gasteiger partial charge is 0.291 e. The molecule has 0 aliphatic carbocycles. The Hall–Kier alpha value is 0.0431. The Labute approximate surface area is 65.6 Å². The molecule has 5 nitrogen and oxygen atoms in total. The van der Waals surface area contributed by atoms with Gasteiger partial charge in [-0.15, -0.1) is 10.1 Å². The van der Waals surface area contributed by atoms with E-state index in [1.165, 1.54) is 0 Å². The summed E-state index contributed by atoms with van der Waals surface area (Å²) in [6, 6.07) is 0. The number of aliphatic hydroxyl groups is 1. The molecule has 0 aliphatic rings. The van der Waals surface area contributed by atoms with Crippen molar-refractivity contribution < 1.29 is 41.6 Å². The van der Waals surface area contributed by atoms with Crippen LogP contribution in [-0.2, 0) is 26.2 Å². The Balaban J connectivity index is -0.0000000575. The molecular weight excluding hydrogens is 193 g/mol. The second-order valence-corrected chi connectivity index (χ2v) is 0.554. The third kappa shape index (κ3) is 82700. The third-order valence-corrected chi connectivity index (χ3v) is 0. The van der Waals surface area contributed by atoms with Gasteiger partial charge in [0.15, 0.2) is 0 Å². The molecule has 0 aliphatic heterocycles. The van der Waals surface area contributed by atoms with Crippen LogP contribution < -0.4 is 0 Å². The SMILES string of the molecule is CCO.O=[N+]([O-])O.[Zr]. The topological polar surface area (TPSA) is 83.6 Å². The van der Waals surface area contributed by atoms with E-state index in [0.29, 0.717) is 0 Å². The minimum absolute atomic E-state index is 0. The minimum atomic E-state index is -1.50. The second-order valence-electron chi connectivity index (χ2n) is 0.554. The van der Waals surface area contributed by atoms with Gasteiger partial charge in [-0.3, -0.25) is 0 Å². The zero-order chi connectivity index (χ0) is 6.28. The summed E-state index contributed by atoms with van der Waals surface area (Å²) >= 11 is 0. The van der Waals surface area contributed by atoms with Gasteiger partial charge in [0.2, 0.25) is 0 Å². The van der Waals surface area contributed by atoms with Crippen LogP contribution in [0.15, 0.2) is 0 Å². The molecular formula is C2H7NO4Zr. The molecule has 0 aromatic heterocycles. The Bertz CT molecular complexity index is 45.3. The fourth-order valence-corrected chi connectivity index (χ4v) is 0. The van der Waals surface area contributed by atoms with Crippen LogP contribution >= 0.6 is 0 Å². The Morgan fingerprint density at radius 2 is 1.75 bits per heavy atom. The first-order chi connectivity index (χ1) is 3.15. The summed E-state index contributed by atoms with van der Waals surface area (Å²) in [6.45, 7) is 1.93. The van der Waals surface area contributed by atoms with Crippen molar-refractivity contribution in [3.8, 4) is 0 Å². The van der Waals surface area contributed by atoms with Gasteiger partial charge in [0.25, 0.3) is 5.09 Å². The number of rotatable bonds is 0. The van der Waals surface area contributed by atoms with Crippen LogP contribution in [0.2, 0.25) is 0 Å². The van der Waals surface area contributed by atoms with Gasteiger partial charge >= 0.3 is 0 Å². The van der Waals surface area contributed by atoms with Gasteiger partial charge in [-0.25, -0.2) is 0 Å². The van der Waals surface area contributed by atoms with Crippen LogP contribution in [0, 0.1) is 10.1 Å². The first-order valence-electron chi connectivity index (χ1n) is 1.59. The number of hydrogen-bond acceptors (Lipinski definition) is 3. The van der Waals surface area contributed by atoms with E-state index in [2.05, 4.69) is 0 Å². The van der Waals surface area contributed by atoms with E-state index in [4.69, 9.17) is 20.4 Å². The summed E-state index contributed by atoms with van der Waals surface area (Å²) in [5.41, 5.74) is 0. The largest absolute Gasteiger partial charge is 0.397 e. The monoisotopic (exact) mass is 199 g/mol. The maximum absolute atomic E-state index is 8.36. The van der Waals surface area contributed by atoms with Gasteiger partial charge < -0.3 is 10.3 Å². The normalized spacial score (nSPS) is 5.25. The van der Waals surface area contributed by atoms with Crippen LogP contribution in [0.25, 0.3) is 0 Å². The van der Waals surface area contributed by atoms with E-state index in [1.54, 1.807) is 6.92 Å². The Kier molecular flexibility index (Phi) is 30.9. The molecule has 0 saturated carbocycles. The summed E-state index contributed by atoms with van der Waals surface area (Å²) in [6.07, 6.45) is 0. The van der Waals surface area contributed by atoms with Crippen molar-refractivity contribution in [2.24, 2.45) is 0 Å². The summed E-state index contributed by atoms with van der Waals surface area (Å²) < 4.78 is 0. The summed E-state index contributed by atoms with van der Waals surface area (Å²) in [4.78, 5) is 8.36. The van der Waals surface area contributed by atoms with Crippen molar-refractivity contribution in [2.45, 2.75) is 6.92 Å². The first-order valence-corrected chi connectivity index (χ1v) is 1.59. The molecule has 0 bridgehead atoms. The molecule has 0 saturated heterocycles. The standard InChI is InChI=1S/C2H6O.HNO3.Zr/c1-2-3;2-1(3)4;/h3H,2H2,1H3;(H,2,3,4);. The van der Waals surface area contributed by atoms with Crippen LogP contribution in [0.3, 0.4) is 0 Å². The second kappa shape index (κ2) is 15.7. The number of aliphatic hydroxyl groups excluding tert-OH is 1. The zero-order valence-electron chi connectivity index (χ0n) is 4.37. The molecule has 0 heterocycles. The van der Waals surface area contributed by atoms with Crippen molar-refractivity contribution >= 4 is 0 Å². The fraction of sp³-hybridized carbons (Fsp3) is 1.00. The minimum Gasteiger partial charge on any atom is -0.397 e. The molecule has 0 spiro atoms. The van der Waals surface area contributed by atoms with E-state index < -0.39 is 5.09 Å². The van der Waals surface area contributed by atoms with Crippen molar-refractivity contribution in [3.63, 3.8) is 0 Å². The molecule has 0 unspecified atom stereocenters. The van der Waals surface area contributed by atoms with E-state index >= 15 is 0 Å². The summed E-state index contributed by atoms with van der Waals surface area (Å²) in [7, 11) is 0. The zero-order valence-corrected chi connectivity index (χ0v) is 6.82. The third-order valence-electron chi connectivity index (χ3n) is 0. The molecule has 0 rings (SSSR count). The van der Waals surface area contributed by atoms with Gasteiger partial charge in [-0.05, 0) is 6.92 Å². The van der Waals surface area contributed by atoms with Crippen molar-refractivity contribution in [1.29, 1.82) is 0 Å². The predicted octanol–water partition coefficient (Wildman–Crippen LogP) is -0.352. The Morgan fingerprint density at radius 1 is 1.75 bits per heavy atom. The van der Waals surface area contributed by atoms with Crippen molar-refractivity contribution in [2.75, 3.05) is 6.61 Å². The van der Waals surface area contributed by atoms with Gasteiger partial charge in [-0.1, -0.05) is 0 Å².